The third-order valence-electron chi connectivity index (χ3n) is 3.39. The Labute approximate surface area is 80.3 Å². The molecule has 0 unspecified atom stereocenters. The largest absolute Gasteiger partial charge is 0.298 e. The zero-order valence-electron chi connectivity index (χ0n) is 8.30. The minimum absolute atomic E-state index is 0.417. The summed E-state index contributed by atoms with van der Waals surface area (Å²) < 4.78 is 0. The lowest BCUT2D eigenvalue weighted by atomic mass is 10.0. The summed E-state index contributed by atoms with van der Waals surface area (Å²) >= 11 is 0. The predicted octanol–water partition coefficient (Wildman–Crippen LogP) is 1.84. The molecule has 0 bridgehead atoms. The zero-order valence-corrected chi connectivity index (χ0v) is 8.30. The molecule has 1 saturated heterocycles. The number of nitrogens with zero attached hydrogens (tertiary/aromatic N) is 1. The third-order valence-corrected chi connectivity index (χ3v) is 3.39. The molecule has 2 heteroatoms. The van der Waals surface area contributed by atoms with E-state index in [-0.39, 0.29) is 0 Å². The average molecular weight is 181 g/mol. The Bertz CT molecular complexity index is 179. The van der Waals surface area contributed by atoms with Gasteiger partial charge in [0.05, 0.1) is 6.54 Å². The van der Waals surface area contributed by atoms with Crippen LogP contribution in [-0.4, -0.2) is 30.3 Å². The van der Waals surface area contributed by atoms with Crippen LogP contribution in [0.3, 0.4) is 0 Å². The molecule has 74 valence electrons. The Balaban J connectivity index is 1.76. The fraction of sp³-hybridized carbons (Fsp3) is 0.909. The predicted molar refractivity (Wildman–Crippen MR) is 52.6 cm³/mol. The molecular weight excluding hydrogens is 162 g/mol. The summed E-state index contributed by atoms with van der Waals surface area (Å²) in [6, 6.07) is 0. The van der Waals surface area contributed by atoms with Gasteiger partial charge in [-0.05, 0) is 38.8 Å². The molecule has 0 spiro atoms. The van der Waals surface area contributed by atoms with Gasteiger partial charge in [0.15, 0.2) is 0 Å². The molecule has 1 aliphatic heterocycles. The highest BCUT2D eigenvalue weighted by atomic mass is 16.1. The quantitative estimate of drug-likeness (QED) is 0.662. The molecule has 2 aliphatic rings. The summed E-state index contributed by atoms with van der Waals surface area (Å²) in [5, 5.41) is 0. The monoisotopic (exact) mass is 181 g/mol. The van der Waals surface area contributed by atoms with Gasteiger partial charge in [0.1, 0.15) is 5.78 Å². The summed E-state index contributed by atoms with van der Waals surface area (Å²) in [6.07, 6.45) is 7.45. The van der Waals surface area contributed by atoms with E-state index in [1.54, 1.807) is 0 Å². The van der Waals surface area contributed by atoms with Gasteiger partial charge in [-0.25, -0.2) is 0 Å². The van der Waals surface area contributed by atoms with Crippen molar-refractivity contribution in [2.45, 2.75) is 38.5 Å². The third kappa shape index (κ3) is 2.31. The number of ketones is 1. The molecule has 0 aromatic rings. The van der Waals surface area contributed by atoms with Crippen LogP contribution in [0.1, 0.15) is 38.5 Å². The first-order valence-corrected chi connectivity index (χ1v) is 5.61. The van der Waals surface area contributed by atoms with Crippen molar-refractivity contribution in [3.8, 4) is 0 Å². The Morgan fingerprint density at radius 1 is 1.08 bits per heavy atom. The Morgan fingerprint density at radius 3 is 2.31 bits per heavy atom. The maximum atomic E-state index is 11.8. The molecule has 1 heterocycles. The van der Waals surface area contributed by atoms with Crippen LogP contribution in [0, 0.1) is 5.92 Å². The zero-order chi connectivity index (χ0) is 9.10. The van der Waals surface area contributed by atoms with Crippen LogP contribution in [0.4, 0.5) is 0 Å². The highest BCUT2D eigenvalue weighted by molar-refractivity contribution is 5.83. The standard InChI is InChI=1S/C11H19NO/c13-11(10-5-1-2-6-10)9-12-7-3-4-8-12/h10H,1-9H2. The van der Waals surface area contributed by atoms with E-state index in [0.29, 0.717) is 11.7 Å². The molecule has 0 N–H and O–H groups in total. The lowest BCUT2D eigenvalue weighted by Gasteiger charge is -2.16. The first kappa shape index (κ1) is 9.20. The second-order valence-electron chi connectivity index (χ2n) is 4.43. The smallest absolute Gasteiger partial charge is 0.149 e. The SMILES string of the molecule is O=C(CN1CCCC1)C1CCCC1. The second kappa shape index (κ2) is 4.23. The van der Waals surface area contributed by atoms with Gasteiger partial charge < -0.3 is 0 Å². The van der Waals surface area contributed by atoms with E-state index in [4.69, 9.17) is 0 Å². The second-order valence-corrected chi connectivity index (χ2v) is 4.43. The van der Waals surface area contributed by atoms with Crippen molar-refractivity contribution < 1.29 is 4.79 Å². The van der Waals surface area contributed by atoms with Crippen LogP contribution in [0.15, 0.2) is 0 Å². The Morgan fingerprint density at radius 2 is 1.69 bits per heavy atom. The van der Waals surface area contributed by atoms with Crippen LogP contribution < -0.4 is 0 Å². The first-order valence-electron chi connectivity index (χ1n) is 5.61. The van der Waals surface area contributed by atoms with Gasteiger partial charge in [0.25, 0.3) is 0 Å². The fourth-order valence-electron chi connectivity index (χ4n) is 2.54. The first-order chi connectivity index (χ1) is 6.36. The minimum Gasteiger partial charge on any atom is -0.298 e. The van der Waals surface area contributed by atoms with Crippen LogP contribution in [-0.2, 0) is 4.79 Å². The van der Waals surface area contributed by atoms with Gasteiger partial charge in [-0.2, -0.15) is 0 Å². The molecule has 0 aromatic heterocycles. The highest BCUT2D eigenvalue weighted by Crippen LogP contribution is 2.25. The molecule has 0 aromatic carbocycles. The molecule has 2 rings (SSSR count). The molecule has 2 fully saturated rings. The Kier molecular flexibility index (Phi) is 2.99. The molecular formula is C11H19NO. The van der Waals surface area contributed by atoms with E-state index in [0.717, 1.165) is 32.5 Å². The van der Waals surface area contributed by atoms with Crippen molar-refractivity contribution >= 4 is 5.78 Å². The van der Waals surface area contributed by atoms with Crippen molar-refractivity contribution in [1.82, 2.24) is 4.90 Å². The number of carbonyl (C=O) groups excluding carboxylic acids is 1. The van der Waals surface area contributed by atoms with E-state index in [1.165, 1.54) is 25.7 Å². The lowest BCUT2D eigenvalue weighted by molar-refractivity contribution is -0.123. The van der Waals surface area contributed by atoms with Crippen LogP contribution >= 0.6 is 0 Å². The molecule has 2 nitrogen and oxygen atoms in total. The van der Waals surface area contributed by atoms with Gasteiger partial charge in [-0.3, -0.25) is 9.69 Å². The van der Waals surface area contributed by atoms with E-state index < -0.39 is 0 Å². The number of hydrogen-bond acceptors (Lipinski definition) is 2. The van der Waals surface area contributed by atoms with Gasteiger partial charge >= 0.3 is 0 Å². The highest BCUT2D eigenvalue weighted by Gasteiger charge is 2.24. The van der Waals surface area contributed by atoms with Crippen LogP contribution in [0.2, 0.25) is 0 Å². The molecule has 1 aliphatic carbocycles. The van der Waals surface area contributed by atoms with Crippen molar-refractivity contribution in [1.29, 1.82) is 0 Å². The molecule has 1 saturated carbocycles. The molecule has 0 amide bonds. The lowest BCUT2D eigenvalue weighted by Crippen LogP contribution is -2.30. The molecule has 0 atom stereocenters. The molecule has 13 heavy (non-hydrogen) atoms. The van der Waals surface area contributed by atoms with Crippen molar-refractivity contribution in [2.24, 2.45) is 5.92 Å². The van der Waals surface area contributed by atoms with Gasteiger partial charge in [-0.15, -0.1) is 0 Å². The summed E-state index contributed by atoms with van der Waals surface area (Å²) in [4.78, 5) is 14.1. The number of hydrogen-bond donors (Lipinski definition) is 0. The summed E-state index contributed by atoms with van der Waals surface area (Å²) in [5.41, 5.74) is 0. The maximum absolute atomic E-state index is 11.8. The maximum Gasteiger partial charge on any atom is 0.149 e. The summed E-state index contributed by atoms with van der Waals surface area (Å²) in [7, 11) is 0. The number of carbonyl (C=O) groups is 1. The molecule has 0 radical (unpaired) electrons. The van der Waals surface area contributed by atoms with E-state index in [9.17, 15) is 4.79 Å². The van der Waals surface area contributed by atoms with E-state index >= 15 is 0 Å². The van der Waals surface area contributed by atoms with Gasteiger partial charge in [-0.1, -0.05) is 12.8 Å². The van der Waals surface area contributed by atoms with E-state index in [1.807, 2.05) is 0 Å². The topological polar surface area (TPSA) is 20.3 Å². The van der Waals surface area contributed by atoms with E-state index in [2.05, 4.69) is 4.90 Å². The van der Waals surface area contributed by atoms with Crippen molar-refractivity contribution in [2.75, 3.05) is 19.6 Å². The van der Waals surface area contributed by atoms with Crippen molar-refractivity contribution in [3.05, 3.63) is 0 Å². The van der Waals surface area contributed by atoms with Crippen LogP contribution in [0.5, 0.6) is 0 Å². The Hall–Kier alpha value is -0.370. The summed E-state index contributed by atoms with van der Waals surface area (Å²) in [5.74, 6) is 0.931. The van der Waals surface area contributed by atoms with Crippen molar-refractivity contribution in [3.63, 3.8) is 0 Å². The minimum atomic E-state index is 0.417. The average Bonchev–Trinajstić information content (AvgIpc) is 2.74. The number of Topliss-reactive ketones (excluding diaryl/α,β-unsaturated/α-hetero) is 1. The fourth-order valence-corrected chi connectivity index (χ4v) is 2.54. The van der Waals surface area contributed by atoms with Gasteiger partial charge in [0, 0.05) is 5.92 Å². The summed E-state index contributed by atoms with van der Waals surface area (Å²) in [6.45, 7) is 3.04. The number of rotatable bonds is 3. The normalized spacial score (nSPS) is 25.5. The van der Waals surface area contributed by atoms with Gasteiger partial charge in [0.2, 0.25) is 0 Å². The van der Waals surface area contributed by atoms with Crippen LogP contribution in [0.25, 0.3) is 0 Å². The number of likely N-dealkylation sites (tertiary alicyclic amines) is 1.